The van der Waals surface area contributed by atoms with E-state index in [9.17, 15) is 4.79 Å². The zero-order valence-electron chi connectivity index (χ0n) is 8.60. The first-order valence-corrected chi connectivity index (χ1v) is 6.22. The molecule has 0 saturated heterocycles. The third kappa shape index (κ3) is 4.48. The molecular weight excluding hydrogens is 234 g/mol. The van der Waals surface area contributed by atoms with E-state index in [4.69, 9.17) is 10.5 Å². The van der Waals surface area contributed by atoms with Gasteiger partial charge < -0.3 is 10.5 Å². The molecule has 1 heterocycles. The molecule has 1 aromatic rings. The highest BCUT2D eigenvalue weighted by molar-refractivity contribution is 8.01. The number of thioether (sulfide) groups is 1. The number of aromatic nitrogens is 2. The highest BCUT2D eigenvalue weighted by Gasteiger charge is 2.13. The van der Waals surface area contributed by atoms with Gasteiger partial charge >= 0.3 is 5.97 Å². The minimum Gasteiger partial charge on any atom is -0.466 e. The van der Waals surface area contributed by atoms with Crippen molar-refractivity contribution in [3.63, 3.8) is 0 Å². The maximum absolute atomic E-state index is 11.2. The van der Waals surface area contributed by atoms with Crippen LogP contribution in [0, 0.1) is 0 Å². The second-order valence-corrected chi connectivity index (χ2v) is 5.54. The molecule has 15 heavy (non-hydrogen) atoms. The summed E-state index contributed by atoms with van der Waals surface area (Å²) in [6, 6.07) is 0. The molecule has 2 N–H and O–H groups in total. The Morgan fingerprint density at radius 1 is 1.67 bits per heavy atom. The minimum atomic E-state index is -0.185. The number of rotatable bonds is 5. The Bertz CT molecular complexity index is 329. The normalized spacial score (nSPS) is 12.4. The minimum absolute atomic E-state index is 0.122. The van der Waals surface area contributed by atoms with Gasteiger partial charge in [-0.2, -0.15) is 0 Å². The number of ether oxygens (including phenoxy) is 1. The molecule has 1 aromatic heterocycles. The average molecular weight is 247 g/mol. The number of anilines is 1. The highest BCUT2D eigenvalue weighted by atomic mass is 32.2. The van der Waals surface area contributed by atoms with E-state index >= 15 is 0 Å². The van der Waals surface area contributed by atoms with E-state index in [-0.39, 0.29) is 11.2 Å². The number of carbonyl (C=O) groups is 1. The van der Waals surface area contributed by atoms with Crippen LogP contribution in [0.3, 0.4) is 0 Å². The third-order valence-corrected chi connectivity index (χ3v) is 3.42. The second-order valence-electron chi connectivity index (χ2n) is 2.84. The van der Waals surface area contributed by atoms with Gasteiger partial charge in [0.15, 0.2) is 4.34 Å². The van der Waals surface area contributed by atoms with E-state index in [1.165, 1.54) is 23.1 Å². The van der Waals surface area contributed by atoms with Gasteiger partial charge in [-0.05, 0) is 6.92 Å². The fraction of sp³-hybridized carbons (Fsp3) is 0.625. The summed E-state index contributed by atoms with van der Waals surface area (Å²) in [4.78, 5) is 11.2. The Kier molecular flexibility index (Phi) is 4.83. The molecule has 0 spiro atoms. The predicted octanol–water partition coefficient (Wildman–Crippen LogP) is 1.55. The van der Waals surface area contributed by atoms with Crippen LogP contribution in [0.5, 0.6) is 0 Å². The molecule has 0 aliphatic carbocycles. The molecule has 84 valence electrons. The molecule has 0 amide bonds. The lowest BCUT2D eigenvalue weighted by atomic mass is 10.3. The standard InChI is InChI=1S/C8H13N3O2S2/c1-3-13-6(12)4-5(2)14-8-11-10-7(9)15-8/h5H,3-4H2,1-2H3,(H2,9,10). The van der Waals surface area contributed by atoms with E-state index in [0.29, 0.717) is 18.2 Å². The van der Waals surface area contributed by atoms with Crippen LogP contribution < -0.4 is 5.73 Å². The van der Waals surface area contributed by atoms with Crippen molar-refractivity contribution in [1.29, 1.82) is 0 Å². The van der Waals surface area contributed by atoms with Crippen LogP contribution in [0.2, 0.25) is 0 Å². The fourth-order valence-electron chi connectivity index (χ4n) is 0.936. The molecule has 0 saturated carbocycles. The number of esters is 1. The molecule has 1 rings (SSSR count). The van der Waals surface area contributed by atoms with E-state index in [2.05, 4.69) is 10.2 Å². The van der Waals surface area contributed by atoms with Crippen LogP contribution in [-0.2, 0) is 9.53 Å². The van der Waals surface area contributed by atoms with Crippen molar-refractivity contribution in [2.45, 2.75) is 29.9 Å². The first-order valence-electron chi connectivity index (χ1n) is 4.53. The van der Waals surface area contributed by atoms with Crippen molar-refractivity contribution in [3.05, 3.63) is 0 Å². The average Bonchev–Trinajstić information content (AvgIpc) is 2.51. The number of nitrogen functional groups attached to an aromatic ring is 1. The lowest BCUT2D eigenvalue weighted by Gasteiger charge is -2.07. The van der Waals surface area contributed by atoms with Gasteiger partial charge in [-0.3, -0.25) is 4.79 Å². The number of carbonyl (C=O) groups excluding carboxylic acids is 1. The van der Waals surface area contributed by atoms with E-state index < -0.39 is 0 Å². The number of hydrogen-bond donors (Lipinski definition) is 1. The Hall–Kier alpha value is -0.820. The summed E-state index contributed by atoms with van der Waals surface area (Å²) in [5, 5.41) is 8.12. The Morgan fingerprint density at radius 2 is 2.40 bits per heavy atom. The second kappa shape index (κ2) is 5.92. The van der Waals surface area contributed by atoms with Crippen molar-refractivity contribution < 1.29 is 9.53 Å². The molecule has 5 nitrogen and oxygen atoms in total. The van der Waals surface area contributed by atoms with Crippen LogP contribution in [0.4, 0.5) is 5.13 Å². The fourth-order valence-corrected chi connectivity index (χ4v) is 2.87. The van der Waals surface area contributed by atoms with Gasteiger partial charge in [0.25, 0.3) is 0 Å². The molecule has 0 aliphatic rings. The van der Waals surface area contributed by atoms with Gasteiger partial charge in [-0.25, -0.2) is 0 Å². The first kappa shape index (κ1) is 12.3. The zero-order valence-corrected chi connectivity index (χ0v) is 10.2. The van der Waals surface area contributed by atoms with Crippen LogP contribution in [-0.4, -0.2) is 28.0 Å². The van der Waals surface area contributed by atoms with Gasteiger partial charge in [0.2, 0.25) is 5.13 Å². The SMILES string of the molecule is CCOC(=O)CC(C)Sc1nnc(N)s1. The molecule has 7 heteroatoms. The van der Waals surface area contributed by atoms with Gasteiger partial charge in [-0.15, -0.1) is 10.2 Å². The van der Waals surface area contributed by atoms with Crippen molar-refractivity contribution in [2.24, 2.45) is 0 Å². The number of nitrogens with zero attached hydrogens (tertiary/aromatic N) is 2. The first-order chi connectivity index (χ1) is 7.11. The monoisotopic (exact) mass is 247 g/mol. The summed E-state index contributed by atoms with van der Waals surface area (Å²) in [6.45, 7) is 4.16. The summed E-state index contributed by atoms with van der Waals surface area (Å²) in [5.41, 5.74) is 5.44. The van der Waals surface area contributed by atoms with E-state index in [0.717, 1.165) is 4.34 Å². The molecule has 0 radical (unpaired) electrons. The predicted molar refractivity (Wildman–Crippen MR) is 60.9 cm³/mol. The molecule has 0 bridgehead atoms. The van der Waals surface area contributed by atoms with Crippen LogP contribution in [0.1, 0.15) is 20.3 Å². The Balaban J connectivity index is 2.35. The molecular formula is C8H13N3O2S2. The summed E-state index contributed by atoms with van der Waals surface area (Å²) >= 11 is 2.81. The van der Waals surface area contributed by atoms with E-state index in [1.807, 2.05) is 6.92 Å². The van der Waals surface area contributed by atoms with Crippen molar-refractivity contribution in [3.8, 4) is 0 Å². The van der Waals surface area contributed by atoms with Gasteiger partial charge in [0.1, 0.15) is 0 Å². The van der Waals surface area contributed by atoms with Crippen molar-refractivity contribution in [1.82, 2.24) is 10.2 Å². The van der Waals surface area contributed by atoms with Crippen molar-refractivity contribution in [2.75, 3.05) is 12.3 Å². The Morgan fingerprint density at radius 3 is 2.93 bits per heavy atom. The largest absolute Gasteiger partial charge is 0.466 e. The molecule has 0 fully saturated rings. The van der Waals surface area contributed by atoms with Crippen LogP contribution in [0.25, 0.3) is 0 Å². The van der Waals surface area contributed by atoms with Gasteiger partial charge in [0, 0.05) is 5.25 Å². The third-order valence-electron chi connectivity index (χ3n) is 1.48. The lowest BCUT2D eigenvalue weighted by molar-refractivity contribution is -0.142. The quantitative estimate of drug-likeness (QED) is 0.628. The maximum Gasteiger partial charge on any atom is 0.306 e. The van der Waals surface area contributed by atoms with Gasteiger partial charge in [0.05, 0.1) is 13.0 Å². The maximum atomic E-state index is 11.2. The summed E-state index contributed by atoms with van der Waals surface area (Å²) in [7, 11) is 0. The summed E-state index contributed by atoms with van der Waals surface area (Å²) < 4.78 is 5.63. The van der Waals surface area contributed by atoms with Crippen LogP contribution in [0.15, 0.2) is 4.34 Å². The summed E-state index contributed by atoms with van der Waals surface area (Å²) in [5.74, 6) is -0.185. The van der Waals surface area contributed by atoms with Crippen LogP contribution >= 0.6 is 23.1 Å². The van der Waals surface area contributed by atoms with Crippen molar-refractivity contribution >= 4 is 34.2 Å². The van der Waals surface area contributed by atoms with Gasteiger partial charge in [-0.1, -0.05) is 30.0 Å². The summed E-state index contributed by atoms with van der Waals surface area (Å²) in [6.07, 6.45) is 0.373. The molecule has 0 aliphatic heterocycles. The molecule has 1 atom stereocenters. The highest BCUT2D eigenvalue weighted by Crippen LogP contribution is 2.28. The Labute approximate surface area is 96.4 Å². The number of hydrogen-bond acceptors (Lipinski definition) is 7. The zero-order chi connectivity index (χ0) is 11.3. The number of nitrogens with two attached hydrogens (primary N) is 1. The van der Waals surface area contributed by atoms with E-state index in [1.54, 1.807) is 6.92 Å². The molecule has 1 unspecified atom stereocenters. The molecule has 0 aromatic carbocycles. The topological polar surface area (TPSA) is 78.1 Å². The lowest BCUT2D eigenvalue weighted by Crippen LogP contribution is -2.10. The smallest absolute Gasteiger partial charge is 0.306 e.